The number of carbonyl (C=O) groups excluding carboxylic acids is 1. The summed E-state index contributed by atoms with van der Waals surface area (Å²) in [6, 6.07) is 8.72. The molecule has 5 heteroatoms. The summed E-state index contributed by atoms with van der Waals surface area (Å²) < 4.78 is 0. The Morgan fingerprint density at radius 1 is 1.00 bits per heavy atom. The fraction of sp³-hybridized carbons (Fsp3) is 0.632. The molecule has 1 aromatic rings. The Kier molecular flexibility index (Phi) is 5.74. The highest BCUT2D eigenvalue weighted by atomic mass is 16.2. The quantitative estimate of drug-likeness (QED) is 0.832. The fourth-order valence-electron chi connectivity index (χ4n) is 3.52. The first-order chi connectivity index (χ1) is 11.6. The smallest absolute Gasteiger partial charge is 0.223 e. The van der Waals surface area contributed by atoms with E-state index in [1.54, 1.807) is 0 Å². The molecule has 2 aliphatic heterocycles. The summed E-state index contributed by atoms with van der Waals surface area (Å²) in [5.74, 6) is 0.323. The predicted molar refractivity (Wildman–Crippen MR) is 98.5 cm³/mol. The summed E-state index contributed by atoms with van der Waals surface area (Å²) in [5, 5.41) is 0. The molecule has 3 rings (SSSR count). The number of benzene rings is 1. The second kappa shape index (κ2) is 7.99. The highest BCUT2D eigenvalue weighted by molar-refractivity contribution is 5.76. The van der Waals surface area contributed by atoms with E-state index < -0.39 is 0 Å². The van der Waals surface area contributed by atoms with Crippen LogP contribution in [-0.4, -0.2) is 86.6 Å². The van der Waals surface area contributed by atoms with E-state index in [-0.39, 0.29) is 0 Å². The van der Waals surface area contributed by atoms with E-state index in [2.05, 4.69) is 52.9 Å². The number of hydrogen-bond donors (Lipinski definition) is 0. The summed E-state index contributed by atoms with van der Waals surface area (Å²) in [4.78, 5) is 21.5. The average Bonchev–Trinajstić information content (AvgIpc) is 2.61. The van der Waals surface area contributed by atoms with Gasteiger partial charge in [-0.3, -0.25) is 9.69 Å². The molecule has 0 aromatic heterocycles. The van der Waals surface area contributed by atoms with Gasteiger partial charge in [0.15, 0.2) is 0 Å². The fourth-order valence-corrected chi connectivity index (χ4v) is 3.52. The lowest BCUT2D eigenvalue weighted by molar-refractivity contribution is -0.133. The van der Waals surface area contributed by atoms with Crippen LogP contribution < -0.4 is 4.90 Å². The molecule has 24 heavy (non-hydrogen) atoms. The molecule has 5 nitrogen and oxygen atoms in total. The minimum Gasteiger partial charge on any atom is -0.369 e. The number of rotatable bonds is 4. The number of nitrogens with zero attached hydrogens (tertiary/aromatic N) is 4. The van der Waals surface area contributed by atoms with Crippen LogP contribution in [0.3, 0.4) is 0 Å². The van der Waals surface area contributed by atoms with Crippen molar-refractivity contribution in [2.24, 2.45) is 0 Å². The van der Waals surface area contributed by atoms with Crippen LogP contribution in [0.4, 0.5) is 5.69 Å². The number of carbonyl (C=O) groups is 1. The van der Waals surface area contributed by atoms with Gasteiger partial charge in [0.2, 0.25) is 5.91 Å². The summed E-state index contributed by atoms with van der Waals surface area (Å²) in [5.41, 5.74) is 2.64. The molecule has 2 heterocycles. The lowest BCUT2D eigenvalue weighted by Crippen LogP contribution is -2.49. The molecule has 0 N–H and O–H groups in total. The number of amides is 1. The Balaban J connectivity index is 1.40. The first kappa shape index (κ1) is 17.2. The maximum absolute atomic E-state index is 12.3. The number of piperazine rings is 2. The molecule has 0 radical (unpaired) electrons. The molecule has 132 valence electrons. The molecule has 2 fully saturated rings. The van der Waals surface area contributed by atoms with Crippen molar-refractivity contribution in [2.75, 3.05) is 70.9 Å². The second-order valence-corrected chi connectivity index (χ2v) is 7.10. The zero-order valence-corrected chi connectivity index (χ0v) is 15.1. The second-order valence-electron chi connectivity index (χ2n) is 7.10. The summed E-state index contributed by atoms with van der Waals surface area (Å²) >= 11 is 0. The minimum absolute atomic E-state index is 0.323. The maximum atomic E-state index is 12.3. The van der Waals surface area contributed by atoms with Gasteiger partial charge in [0.25, 0.3) is 0 Å². The first-order valence-electron chi connectivity index (χ1n) is 9.12. The van der Waals surface area contributed by atoms with Crippen molar-refractivity contribution >= 4 is 11.6 Å². The number of aryl methyl sites for hydroxylation is 1. The van der Waals surface area contributed by atoms with Crippen LogP contribution in [0.15, 0.2) is 24.3 Å². The number of likely N-dealkylation sites (N-methyl/N-ethyl adjacent to an activating group) is 1. The van der Waals surface area contributed by atoms with Crippen molar-refractivity contribution in [1.82, 2.24) is 14.7 Å². The molecule has 0 unspecified atom stereocenters. The normalized spacial score (nSPS) is 20.4. The minimum atomic E-state index is 0.323. The van der Waals surface area contributed by atoms with Crippen LogP contribution in [0.5, 0.6) is 0 Å². The lowest BCUT2D eigenvalue weighted by Gasteiger charge is -2.37. The van der Waals surface area contributed by atoms with Gasteiger partial charge >= 0.3 is 0 Å². The summed E-state index contributed by atoms with van der Waals surface area (Å²) in [6.45, 7) is 11.0. The number of hydrogen-bond acceptors (Lipinski definition) is 4. The third-order valence-corrected chi connectivity index (χ3v) is 5.24. The summed E-state index contributed by atoms with van der Waals surface area (Å²) in [7, 11) is 2.12. The van der Waals surface area contributed by atoms with Gasteiger partial charge in [-0.2, -0.15) is 0 Å². The first-order valence-corrected chi connectivity index (χ1v) is 9.12. The Morgan fingerprint density at radius 3 is 2.38 bits per heavy atom. The van der Waals surface area contributed by atoms with Crippen molar-refractivity contribution in [3.8, 4) is 0 Å². The van der Waals surface area contributed by atoms with Crippen LogP contribution in [0.1, 0.15) is 12.0 Å². The molecule has 2 aliphatic rings. The Labute approximate surface area is 145 Å². The highest BCUT2D eigenvalue weighted by Crippen LogP contribution is 2.18. The van der Waals surface area contributed by atoms with E-state index in [9.17, 15) is 4.79 Å². The van der Waals surface area contributed by atoms with Gasteiger partial charge < -0.3 is 14.7 Å². The van der Waals surface area contributed by atoms with Gasteiger partial charge in [0.05, 0.1) is 0 Å². The van der Waals surface area contributed by atoms with E-state index >= 15 is 0 Å². The molecule has 2 saturated heterocycles. The molecule has 0 spiro atoms. The molecule has 1 amide bonds. The van der Waals surface area contributed by atoms with Gasteiger partial charge in [-0.25, -0.2) is 0 Å². The van der Waals surface area contributed by atoms with Crippen LogP contribution in [-0.2, 0) is 4.79 Å². The Bertz CT molecular complexity index is 546. The van der Waals surface area contributed by atoms with E-state index in [0.29, 0.717) is 12.3 Å². The van der Waals surface area contributed by atoms with Gasteiger partial charge in [0, 0.05) is 71.0 Å². The van der Waals surface area contributed by atoms with E-state index in [0.717, 1.165) is 58.9 Å². The van der Waals surface area contributed by atoms with Gasteiger partial charge in [-0.05, 0) is 31.7 Å². The van der Waals surface area contributed by atoms with Gasteiger partial charge in [-0.15, -0.1) is 0 Å². The molecule has 0 bridgehead atoms. The molecular weight excluding hydrogens is 300 g/mol. The Morgan fingerprint density at radius 2 is 1.71 bits per heavy atom. The largest absolute Gasteiger partial charge is 0.369 e. The third kappa shape index (κ3) is 4.48. The maximum Gasteiger partial charge on any atom is 0.223 e. The monoisotopic (exact) mass is 330 g/mol. The average molecular weight is 330 g/mol. The van der Waals surface area contributed by atoms with Crippen LogP contribution in [0.25, 0.3) is 0 Å². The lowest BCUT2D eigenvalue weighted by atomic mass is 10.2. The molecule has 0 saturated carbocycles. The van der Waals surface area contributed by atoms with E-state index in [1.165, 1.54) is 11.3 Å². The zero-order valence-electron chi connectivity index (χ0n) is 15.1. The molecule has 1 aromatic carbocycles. The van der Waals surface area contributed by atoms with Crippen LogP contribution in [0.2, 0.25) is 0 Å². The zero-order chi connectivity index (χ0) is 16.9. The SMILES string of the molecule is Cc1cccc(N2CCN(CCC(=O)N3CCN(C)CC3)CC2)c1. The topological polar surface area (TPSA) is 30.0 Å². The van der Waals surface area contributed by atoms with Crippen molar-refractivity contribution in [2.45, 2.75) is 13.3 Å². The van der Waals surface area contributed by atoms with Crippen molar-refractivity contribution in [1.29, 1.82) is 0 Å². The third-order valence-electron chi connectivity index (χ3n) is 5.24. The predicted octanol–water partition coefficient (Wildman–Crippen LogP) is 1.28. The molecular formula is C19H30N4O. The summed E-state index contributed by atoms with van der Waals surface area (Å²) in [6.07, 6.45) is 0.661. The van der Waals surface area contributed by atoms with Crippen LogP contribution in [0, 0.1) is 6.92 Å². The standard InChI is InChI=1S/C19H30N4O/c1-17-4-3-5-18(16-17)22-14-10-21(11-15-22)7-6-19(24)23-12-8-20(2)9-13-23/h3-5,16H,6-15H2,1-2H3. The van der Waals surface area contributed by atoms with E-state index in [4.69, 9.17) is 0 Å². The van der Waals surface area contributed by atoms with Crippen molar-refractivity contribution < 1.29 is 4.79 Å². The van der Waals surface area contributed by atoms with Crippen molar-refractivity contribution in [3.05, 3.63) is 29.8 Å². The Hall–Kier alpha value is -1.59. The molecule has 0 atom stereocenters. The van der Waals surface area contributed by atoms with Gasteiger partial charge in [-0.1, -0.05) is 12.1 Å². The van der Waals surface area contributed by atoms with Gasteiger partial charge in [0.1, 0.15) is 0 Å². The van der Waals surface area contributed by atoms with Crippen LogP contribution >= 0.6 is 0 Å². The number of anilines is 1. The van der Waals surface area contributed by atoms with Crippen molar-refractivity contribution in [3.63, 3.8) is 0 Å². The van der Waals surface area contributed by atoms with E-state index in [1.807, 2.05) is 4.90 Å². The highest BCUT2D eigenvalue weighted by Gasteiger charge is 2.21. The molecule has 0 aliphatic carbocycles.